The first kappa shape index (κ1) is 11.7. The van der Waals surface area contributed by atoms with E-state index in [0.717, 1.165) is 24.0 Å². The fourth-order valence-corrected chi connectivity index (χ4v) is 1.99. The van der Waals surface area contributed by atoms with Gasteiger partial charge in [-0.25, -0.2) is 4.98 Å². The highest BCUT2D eigenvalue weighted by Gasteiger charge is 2.34. The van der Waals surface area contributed by atoms with Crippen LogP contribution in [0.25, 0.3) is 0 Å². The third-order valence-electron chi connectivity index (χ3n) is 1.65. The van der Waals surface area contributed by atoms with Gasteiger partial charge in [0, 0.05) is 11.8 Å². The van der Waals surface area contributed by atoms with Crippen LogP contribution in [0.4, 0.5) is 13.2 Å². The molecule has 0 saturated carbocycles. The molecule has 1 nitrogen and oxygen atoms in total. The summed E-state index contributed by atoms with van der Waals surface area (Å²) in [7, 11) is 0. The summed E-state index contributed by atoms with van der Waals surface area (Å²) in [5, 5.41) is 0.329. The van der Waals surface area contributed by atoms with Crippen LogP contribution in [-0.2, 0) is 12.1 Å². The fraction of sp³-hybridized carbons (Fsp3) is 0.375. The lowest BCUT2D eigenvalue weighted by molar-refractivity contribution is -0.138. The largest absolute Gasteiger partial charge is 0.416 e. The highest BCUT2D eigenvalue weighted by Crippen LogP contribution is 2.35. The Kier molecular flexibility index (Phi) is 3.66. The van der Waals surface area contributed by atoms with Gasteiger partial charge in [-0.2, -0.15) is 13.2 Å². The van der Waals surface area contributed by atoms with Gasteiger partial charge in [-0.05, 0) is 12.3 Å². The van der Waals surface area contributed by atoms with Crippen molar-refractivity contribution in [1.29, 1.82) is 0 Å². The zero-order valence-corrected chi connectivity index (χ0v) is 8.80. The van der Waals surface area contributed by atoms with Gasteiger partial charge in [0.2, 0.25) is 0 Å². The molecule has 0 amide bonds. The molecule has 0 aliphatic heterocycles. The topological polar surface area (TPSA) is 12.9 Å². The second-order valence-corrected chi connectivity index (χ2v) is 3.54. The Balaban J connectivity index is 3.29. The molecule has 0 spiro atoms. The first-order valence-corrected chi connectivity index (χ1v) is 5.41. The van der Waals surface area contributed by atoms with E-state index in [1.165, 1.54) is 0 Å². The Morgan fingerprint density at radius 1 is 1.50 bits per heavy atom. The predicted octanol–water partition coefficient (Wildman–Crippen LogP) is 3.56. The van der Waals surface area contributed by atoms with E-state index in [1.807, 2.05) is 0 Å². The molecule has 14 heavy (non-hydrogen) atoms. The lowest BCUT2D eigenvalue weighted by Gasteiger charge is -2.12. The van der Waals surface area contributed by atoms with Crippen molar-refractivity contribution in [3.05, 3.63) is 23.4 Å². The van der Waals surface area contributed by atoms with E-state index < -0.39 is 11.7 Å². The fourth-order valence-electron chi connectivity index (χ4n) is 1.04. The molecule has 0 N–H and O–H groups in total. The number of pyridine rings is 1. The van der Waals surface area contributed by atoms with Crippen LogP contribution >= 0.6 is 23.4 Å². The van der Waals surface area contributed by atoms with E-state index in [1.54, 1.807) is 6.26 Å². The van der Waals surface area contributed by atoms with E-state index in [-0.39, 0.29) is 11.4 Å². The molecule has 0 aliphatic rings. The van der Waals surface area contributed by atoms with Gasteiger partial charge < -0.3 is 0 Å². The van der Waals surface area contributed by atoms with Crippen LogP contribution in [0.1, 0.15) is 11.1 Å². The quantitative estimate of drug-likeness (QED) is 0.580. The Labute approximate surface area is 88.7 Å². The van der Waals surface area contributed by atoms with E-state index in [9.17, 15) is 13.2 Å². The van der Waals surface area contributed by atoms with Crippen molar-refractivity contribution >= 4 is 23.4 Å². The van der Waals surface area contributed by atoms with E-state index in [4.69, 9.17) is 11.6 Å². The van der Waals surface area contributed by atoms with Crippen molar-refractivity contribution in [2.75, 3.05) is 6.26 Å². The third kappa shape index (κ3) is 2.33. The summed E-state index contributed by atoms with van der Waals surface area (Å²) >= 11 is 6.62. The molecule has 0 bridgehead atoms. The molecular weight excluding hydrogens is 235 g/mol. The molecule has 1 aromatic rings. The van der Waals surface area contributed by atoms with Crippen molar-refractivity contribution in [3.8, 4) is 0 Å². The SMILES string of the molecule is CSc1nccc(C(F)(F)F)c1CCl. The normalized spacial score (nSPS) is 11.8. The smallest absolute Gasteiger partial charge is 0.250 e. The molecule has 1 rings (SSSR count). The van der Waals surface area contributed by atoms with Crippen LogP contribution in [0.5, 0.6) is 0 Å². The van der Waals surface area contributed by atoms with Crippen LogP contribution < -0.4 is 0 Å². The first-order chi connectivity index (χ1) is 6.50. The van der Waals surface area contributed by atoms with Crippen molar-refractivity contribution in [2.24, 2.45) is 0 Å². The lowest BCUT2D eigenvalue weighted by atomic mass is 10.1. The minimum absolute atomic E-state index is 0.0502. The predicted molar refractivity (Wildman–Crippen MR) is 50.6 cm³/mol. The summed E-state index contributed by atoms with van der Waals surface area (Å²) < 4.78 is 37.4. The van der Waals surface area contributed by atoms with E-state index in [0.29, 0.717) is 5.03 Å². The lowest BCUT2D eigenvalue weighted by Crippen LogP contribution is -2.09. The van der Waals surface area contributed by atoms with Gasteiger partial charge in [0.15, 0.2) is 0 Å². The van der Waals surface area contributed by atoms with Crippen molar-refractivity contribution in [1.82, 2.24) is 4.98 Å². The molecule has 0 fully saturated rings. The molecular formula is C8H7ClF3NS. The average Bonchev–Trinajstić information content (AvgIpc) is 2.15. The standard InChI is InChI=1S/C8H7ClF3NS/c1-14-7-5(4-9)6(2-3-13-7)8(10,11)12/h2-3H,4H2,1H3. The molecule has 78 valence electrons. The van der Waals surface area contributed by atoms with Crippen LogP contribution in [0, 0.1) is 0 Å². The molecule has 0 atom stereocenters. The Hall–Kier alpha value is -0.420. The molecule has 0 aromatic carbocycles. The molecule has 1 aromatic heterocycles. The molecule has 6 heteroatoms. The Morgan fingerprint density at radius 3 is 2.57 bits per heavy atom. The molecule has 0 aliphatic carbocycles. The summed E-state index contributed by atoms with van der Waals surface area (Å²) in [6, 6.07) is 0.942. The number of hydrogen-bond donors (Lipinski definition) is 0. The van der Waals surface area contributed by atoms with Crippen LogP contribution in [0.15, 0.2) is 17.3 Å². The minimum Gasteiger partial charge on any atom is -0.250 e. The van der Waals surface area contributed by atoms with Gasteiger partial charge in [0.25, 0.3) is 0 Å². The summed E-state index contributed by atoms with van der Waals surface area (Å²) in [6.07, 6.45) is -1.55. The number of thioether (sulfide) groups is 1. The zero-order chi connectivity index (χ0) is 10.8. The van der Waals surface area contributed by atoms with Crippen LogP contribution in [0.3, 0.4) is 0 Å². The highest BCUT2D eigenvalue weighted by atomic mass is 35.5. The maximum Gasteiger partial charge on any atom is 0.416 e. The number of alkyl halides is 4. The van der Waals surface area contributed by atoms with Gasteiger partial charge in [0.1, 0.15) is 5.03 Å². The van der Waals surface area contributed by atoms with Crippen molar-refractivity contribution in [2.45, 2.75) is 17.1 Å². The molecule has 0 radical (unpaired) electrons. The van der Waals surface area contributed by atoms with Gasteiger partial charge >= 0.3 is 6.18 Å². The van der Waals surface area contributed by atoms with E-state index >= 15 is 0 Å². The number of halogens is 4. The van der Waals surface area contributed by atoms with E-state index in [2.05, 4.69) is 4.98 Å². The summed E-state index contributed by atoms with van der Waals surface area (Å²) in [5.74, 6) is -0.182. The maximum absolute atomic E-state index is 12.5. The number of aromatic nitrogens is 1. The number of nitrogens with zero attached hydrogens (tertiary/aromatic N) is 1. The Morgan fingerprint density at radius 2 is 2.14 bits per heavy atom. The maximum atomic E-state index is 12.5. The van der Waals surface area contributed by atoms with Crippen molar-refractivity contribution in [3.63, 3.8) is 0 Å². The monoisotopic (exact) mass is 241 g/mol. The molecule has 0 saturated heterocycles. The summed E-state index contributed by atoms with van der Waals surface area (Å²) in [6.45, 7) is 0. The minimum atomic E-state index is -4.36. The zero-order valence-electron chi connectivity index (χ0n) is 7.23. The highest BCUT2D eigenvalue weighted by molar-refractivity contribution is 7.98. The van der Waals surface area contributed by atoms with Gasteiger partial charge in [-0.3, -0.25) is 0 Å². The first-order valence-electron chi connectivity index (χ1n) is 3.65. The summed E-state index contributed by atoms with van der Waals surface area (Å²) in [4.78, 5) is 3.82. The average molecular weight is 242 g/mol. The van der Waals surface area contributed by atoms with Gasteiger partial charge in [-0.15, -0.1) is 23.4 Å². The van der Waals surface area contributed by atoms with Crippen molar-refractivity contribution < 1.29 is 13.2 Å². The van der Waals surface area contributed by atoms with Gasteiger partial charge in [0.05, 0.1) is 11.4 Å². The van der Waals surface area contributed by atoms with Crippen LogP contribution in [0.2, 0.25) is 0 Å². The van der Waals surface area contributed by atoms with Gasteiger partial charge in [-0.1, -0.05) is 0 Å². The molecule has 0 unspecified atom stereocenters. The Bertz CT molecular complexity index is 327. The third-order valence-corrected chi connectivity index (χ3v) is 2.65. The second-order valence-electron chi connectivity index (χ2n) is 2.48. The second kappa shape index (κ2) is 4.40. The number of hydrogen-bond acceptors (Lipinski definition) is 2. The molecule has 1 heterocycles. The number of rotatable bonds is 2. The van der Waals surface area contributed by atoms with Crippen LogP contribution in [-0.4, -0.2) is 11.2 Å². The summed E-state index contributed by atoms with van der Waals surface area (Å²) in [5.41, 5.74) is -0.652.